The largest absolute Gasteiger partial charge is 0.449 e. The van der Waals surface area contributed by atoms with Crippen LogP contribution in [0.4, 0.5) is 19.4 Å². The molecule has 1 aromatic heterocycles. The third-order valence-corrected chi connectivity index (χ3v) is 6.31. The Morgan fingerprint density at radius 2 is 1.89 bits per heavy atom. The summed E-state index contributed by atoms with van der Waals surface area (Å²) in [6, 6.07) is 10.5. The topological polar surface area (TPSA) is 101 Å². The summed E-state index contributed by atoms with van der Waals surface area (Å²) < 4.78 is 32.6. The van der Waals surface area contributed by atoms with E-state index in [0.717, 1.165) is 5.39 Å². The summed E-state index contributed by atoms with van der Waals surface area (Å²) in [5.74, 6) is -0.759. The molecule has 0 aliphatic rings. The van der Waals surface area contributed by atoms with Gasteiger partial charge in [-0.3, -0.25) is 10.1 Å². The Bertz CT molecular complexity index is 1220. The molecular formula is C27H31F2N3O4. The summed E-state index contributed by atoms with van der Waals surface area (Å²) in [6.07, 6.45) is 2.66. The second kappa shape index (κ2) is 12.4. The molecule has 3 rings (SSSR count). The highest BCUT2D eigenvalue weighted by molar-refractivity contribution is 5.89. The van der Waals surface area contributed by atoms with Crippen molar-refractivity contribution in [1.29, 1.82) is 0 Å². The molecule has 0 fully saturated rings. The number of carbonyl (C=O) groups excluding carboxylic acids is 2. The maximum atomic E-state index is 13.8. The first-order valence-electron chi connectivity index (χ1n) is 11.8. The van der Waals surface area contributed by atoms with E-state index in [1.807, 2.05) is 0 Å². The minimum atomic E-state index is -0.866. The van der Waals surface area contributed by atoms with Gasteiger partial charge >= 0.3 is 6.09 Å². The fourth-order valence-corrected chi connectivity index (χ4v) is 3.90. The summed E-state index contributed by atoms with van der Waals surface area (Å²) in [5.41, 5.74) is 0.291. The van der Waals surface area contributed by atoms with Crippen LogP contribution >= 0.6 is 0 Å². The number of amides is 2. The van der Waals surface area contributed by atoms with E-state index >= 15 is 0 Å². The average Bonchev–Trinajstić information content (AvgIpc) is 2.84. The fourth-order valence-electron chi connectivity index (χ4n) is 3.90. The summed E-state index contributed by atoms with van der Waals surface area (Å²) in [5, 5.41) is 15.8. The highest BCUT2D eigenvalue weighted by atomic mass is 19.1. The van der Waals surface area contributed by atoms with Crippen LogP contribution in [0.3, 0.4) is 0 Å². The van der Waals surface area contributed by atoms with Crippen molar-refractivity contribution in [1.82, 2.24) is 10.3 Å². The molecule has 0 saturated heterocycles. The van der Waals surface area contributed by atoms with Crippen molar-refractivity contribution in [2.24, 2.45) is 5.41 Å². The number of aromatic nitrogens is 1. The molecule has 1 heterocycles. The van der Waals surface area contributed by atoms with Crippen LogP contribution < -0.4 is 10.6 Å². The fraction of sp³-hybridized carbons (Fsp3) is 0.370. The number of aliphatic hydroxyl groups excluding tert-OH is 1. The molecule has 0 saturated carbocycles. The zero-order valence-electron chi connectivity index (χ0n) is 20.4. The first kappa shape index (κ1) is 27.0. The molecule has 36 heavy (non-hydrogen) atoms. The highest BCUT2D eigenvalue weighted by Crippen LogP contribution is 2.29. The number of ether oxygens (including phenoxy) is 1. The van der Waals surface area contributed by atoms with E-state index < -0.39 is 17.3 Å². The van der Waals surface area contributed by atoms with Crippen LogP contribution in [0.5, 0.6) is 0 Å². The van der Waals surface area contributed by atoms with Crippen LogP contribution in [0, 0.1) is 24.0 Å². The number of benzene rings is 2. The van der Waals surface area contributed by atoms with Gasteiger partial charge in [-0.15, -0.1) is 0 Å². The van der Waals surface area contributed by atoms with Gasteiger partial charge in [0.25, 0.3) is 0 Å². The Morgan fingerprint density at radius 3 is 2.67 bits per heavy atom. The van der Waals surface area contributed by atoms with Gasteiger partial charge in [0.05, 0.1) is 6.61 Å². The number of rotatable bonds is 11. The lowest BCUT2D eigenvalue weighted by Gasteiger charge is -2.28. The van der Waals surface area contributed by atoms with Crippen molar-refractivity contribution in [3.63, 3.8) is 0 Å². The molecule has 192 valence electrons. The van der Waals surface area contributed by atoms with Gasteiger partial charge in [-0.1, -0.05) is 25.5 Å². The number of carbonyl (C=O) groups is 2. The SMILES string of the molecule is Cc1c(F)cccc1CNC(=O)C(C)(CCCCO)CCOC(=O)Nc1cc2cc(F)ccc2cn1. The van der Waals surface area contributed by atoms with Gasteiger partial charge in [-0.05, 0) is 73.0 Å². The number of hydrogen-bond acceptors (Lipinski definition) is 5. The molecule has 0 bridgehead atoms. The van der Waals surface area contributed by atoms with Gasteiger partial charge in [0.15, 0.2) is 0 Å². The van der Waals surface area contributed by atoms with E-state index in [2.05, 4.69) is 15.6 Å². The van der Waals surface area contributed by atoms with Gasteiger partial charge in [-0.2, -0.15) is 0 Å². The smallest absolute Gasteiger partial charge is 0.412 e. The molecule has 3 aromatic rings. The first-order chi connectivity index (χ1) is 17.2. The first-order valence-corrected chi connectivity index (χ1v) is 11.8. The molecular weight excluding hydrogens is 468 g/mol. The molecule has 2 amide bonds. The van der Waals surface area contributed by atoms with E-state index in [1.54, 1.807) is 38.1 Å². The van der Waals surface area contributed by atoms with E-state index in [4.69, 9.17) is 9.84 Å². The number of pyridine rings is 1. The second-order valence-electron chi connectivity index (χ2n) is 9.02. The standard InChI is InChI=1S/C27H31F2N3O4/c1-18-19(6-5-7-23(18)29)16-31-25(34)27(2,10-3-4-12-33)11-13-36-26(35)32-24-15-21-14-22(28)9-8-20(21)17-30-24/h5-9,14-15,17,33H,3-4,10-13,16H2,1-2H3,(H,31,34)(H,30,32,35). The van der Waals surface area contributed by atoms with Crippen LogP contribution in [0.2, 0.25) is 0 Å². The lowest BCUT2D eigenvalue weighted by Crippen LogP contribution is -2.40. The van der Waals surface area contributed by atoms with Crippen molar-refractivity contribution in [3.05, 3.63) is 71.4 Å². The van der Waals surface area contributed by atoms with Gasteiger partial charge in [0, 0.05) is 30.1 Å². The van der Waals surface area contributed by atoms with Crippen molar-refractivity contribution in [2.45, 2.75) is 46.1 Å². The molecule has 1 atom stereocenters. The van der Waals surface area contributed by atoms with Crippen molar-refractivity contribution >= 4 is 28.6 Å². The molecule has 9 heteroatoms. The molecule has 0 spiro atoms. The van der Waals surface area contributed by atoms with Gasteiger partial charge < -0.3 is 15.2 Å². The van der Waals surface area contributed by atoms with Gasteiger partial charge in [-0.25, -0.2) is 18.6 Å². The van der Waals surface area contributed by atoms with Gasteiger partial charge in [0.1, 0.15) is 17.5 Å². The number of unbranched alkanes of at least 4 members (excludes halogenated alkanes) is 1. The Kier molecular flexibility index (Phi) is 9.30. The maximum absolute atomic E-state index is 13.8. The zero-order chi connectivity index (χ0) is 26.1. The van der Waals surface area contributed by atoms with Gasteiger partial charge in [0.2, 0.25) is 5.91 Å². The number of aliphatic hydroxyl groups is 1. The van der Waals surface area contributed by atoms with Crippen LogP contribution in [0.15, 0.2) is 48.7 Å². The normalized spacial score (nSPS) is 12.7. The monoisotopic (exact) mass is 499 g/mol. The zero-order valence-corrected chi connectivity index (χ0v) is 20.4. The average molecular weight is 500 g/mol. The van der Waals surface area contributed by atoms with E-state index in [1.165, 1.54) is 24.4 Å². The molecule has 0 aliphatic carbocycles. The van der Waals surface area contributed by atoms with Crippen LogP contribution in [-0.4, -0.2) is 35.3 Å². The molecule has 0 radical (unpaired) electrons. The van der Waals surface area contributed by atoms with Crippen molar-refractivity contribution in [3.8, 4) is 0 Å². The molecule has 1 unspecified atom stereocenters. The number of nitrogens with zero attached hydrogens (tertiary/aromatic N) is 1. The summed E-state index contributed by atoms with van der Waals surface area (Å²) in [4.78, 5) is 29.5. The summed E-state index contributed by atoms with van der Waals surface area (Å²) >= 11 is 0. The Balaban J connectivity index is 1.57. The predicted octanol–water partition coefficient (Wildman–Crippen LogP) is 5.25. The Morgan fingerprint density at radius 1 is 1.08 bits per heavy atom. The second-order valence-corrected chi connectivity index (χ2v) is 9.02. The van der Waals surface area contributed by atoms with Crippen LogP contribution in [0.1, 0.15) is 43.7 Å². The number of fused-ring (bicyclic) bond motifs is 1. The summed E-state index contributed by atoms with van der Waals surface area (Å²) in [7, 11) is 0. The molecule has 2 aromatic carbocycles. The maximum Gasteiger partial charge on any atom is 0.412 e. The van der Waals surface area contributed by atoms with E-state index in [0.29, 0.717) is 35.8 Å². The van der Waals surface area contributed by atoms with E-state index in [-0.39, 0.29) is 43.7 Å². The van der Waals surface area contributed by atoms with Crippen molar-refractivity contribution < 1.29 is 28.2 Å². The third-order valence-electron chi connectivity index (χ3n) is 6.31. The predicted molar refractivity (Wildman–Crippen MR) is 133 cm³/mol. The quantitative estimate of drug-likeness (QED) is 0.313. The minimum Gasteiger partial charge on any atom is -0.449 e. The number of halogens is 2. The third kappa shape index (κ3) is 7.21. The Labute approximate surface area is 208 Å². The highest BCUT2D eigenvalue weighted by Gasteiger charge is 2.32. The summed E-state index contributed by atoms with van der Waals surface area (Å²) in [6.45, 7) is 3.59. The Hall–Kier alpha value is -3.59. The number of nitrogens with one attached hydrogen (secondary N) is 2. The minimum absolute atomic E-state index is 0.0156. The number of anilines is 1. The molecule has 3 N–H and O–H groups in total. The molecule has 7 nitrogen and oxygen atoms in total. The van der Waals surface area contributed by atoms with Crippen LogP contribution in [0.25, 0.3) is 10.8 Å². The number of hydrogen-bond donors (Lipinski definition) is 3. The molecule has 0 aliphatic heterocycles. The van der Waals surface area contributed by atoms with Crippen LogP contribution in [-0.2, 0) is 16.1 Å². The lowest BCUT2D eigenvalue weighted by molar-refractivity contribution is -0.131. The lowest BCUT2D eigenvalue weighted by atomic mass is 9.81. The van der Waals surface area contributed by atoms with Crippen molar-refractivity contribution in [2.75, 3.05) is 18.5 Å². The van der Waals surface area contributed by atoms with E-state index in [9.17, 15) is 18.4 Å².